The van der Waals surface area contributed by atoms with Crippen molar-refractivity contribution in [3.05, 3.63) is 29.3 Å². The van der Waals surface area contributed by atoms with Crippen LogP contribution >= 0.6 is 11.3 Å². The van der Waals surface area contributed by atoms with Gasteiger partial charge in [-0.2, -0.15) is 0 Å². The molecule has 0 atom stereocenters. The SMILES string of the molecule is CN(CCC(=O)NC(N)=O)Cc1nc2ccccc2s1. The van der Waals surface area contributed by atoms with E-state index in [1.807, 2.05) is 41.5 Å². The lowest BCUT2D eigenvalue weighted by molar-refractivity contribution is -0.120. The Morgan fingerprint density at radius 3 is 2.85 bits per heavy atom. The van der Waals surface area contributed by atoms with Crippen molar-refractivity contribution in [2.75, 3.05) is 13.6 Å². The molecule has 3 amide bonds. The molecular formula is C13H16N4O2S. The molecule has 2 aromatic rings. The van der Waals surface area contributed by atoms with Gasteiger partial charge in [-0.15, -0.1) is 11.3 Å². The van der Waals surface area contributed by atoms with Crippen molar-refractivity contribution < 1.29 is 9.59 Å². The van der Waals surface area contributed by atoms with E-state index in [9.17, 15) is 9.59 Å². The molecule has 0 radical (unpaired) electrons. The summed E-state index contributed by atoms with van der Waals surface area (Å²) in [4.78, 5) is 28.3. The number of carbonyl (C=O) groups is 2. The molecule has 0 fully saturated rings. The molecule has 6 nitrogen and oxygen atoms in total. The minimum Gasteiger partial charge on any atom is -0.351 e. The van der Waals surface area contributed by atoms with Gasteiger partial charge in [0.2, 0.25) is 5.91 Å². The van der Waals surface area contributed by atoms with E-state index in [4.69, 9.17) is 5.73 Å². The van der Waals surface area contributed by atoms with Crippen LogP contribution in [0.1, 0.15) is 11.4 Å². The Hall–Kier alpha value is -1.99. The van der Waals surface area contributed by atoms with Crippen LogP contribution in [0.25, 0.3) is 10.2 Å². The van der Waals surface area contributed by atoms with Gasteiger partial charge in [0.25, 0.3) is 0 Å². The molecule has 0 unspecified atom stereocenters. The van der Waals surface area contributed by atoms with E-state index in [0.717, 1.165) is 15.2 Å². The highest BCUT2D eigenvalue weighted by molar-refractivity contribution is 7.18. The van der Waals surface area contributed by atoms with Crippen LogP contribution in [-0.4, -0.2) is 35.4 Å². The van der Waals surface area contributed by atoms with Crippen molar-refractivity contribution in [1.82, 2.24) is 15.2 Å². The number of carbonyl (C=O) groups excluding carboxylic acids is 2. The number of imide groups is 1. The van der Waals surface area contributed by atoms with Crippen molar-refractivity contribution in [3.63, 3.8) is 0 Å². The zero-order valence-electron chi connectivity index (χ0n) is 11.1. The van der Waals surface area contributed by atoms with E-state index >= 15 is 0 Å². The van der Waals surface area contributed by atoms with E-state index in [1.54, 1.807) is 11.3 Å². The summed E-state index contributed by atoms with van der Waals surface area (Å²) >= 11 is 1.64. The molecule has 0 saturated heterocycles. The fourth-order valence-corrected chi connectivity index (χ4v) is 2.84. The van der Waals surface area contributed by atoms with Gasteiger partial charge in [0.05, 0.1) is 16.8 Å². The summed E-state index contributed by atoms with van der Waals surface area (Å²) in [5, 5.41) is 3.05. The normalized spacial score (nSPS) is 10.9. The summed E-state index contributed by atoms with van der Waals surface area (Å²) in [7, 11) is 1.91. The van der Waals surface area contributed by atoms with Gasteiger partial charge in [0.1, 0.15) is 5.01 Å². The number of nitrogens with zero attached hydrogens (tertiary/aromatic N) is 2. The summed E-state index contributed by atoms with van der Waals surface area (Å²) in [6.07, 6.45) is 0.227. The van der Waals surface area contributed by atoms with Gasteiger partial charge >= 0.3 is 6.03 Å². The van der Waals surface area contributed by atoms with Crippen molar-refractivity contribution in [2.24, 2.45) is 5.73 Å². The molecule has 0 bridgehead atoms. The Bertz CT molecular complexity index is 593. The van der Waals surface area contributed by atoms with Crippen LogP contribution in [0.3, 0.4) is 0 Å². The quantitative estimate of drug-likeness (QED) is 0.869. The first kappa shape index (κ1) is 14.4. The minimum absolute atomic E-state index is 0.227. The largest absolute Gasteiger partial charge is 0.351 e. The zero-order valence-corrected chi connectivity index (χ0v) is 11.9. The van der Waals surface area contributed by atoms with Crippen LogP contribution in [0, 0.1) is 0 Å². The summed E-state index contributed by atoms with van der Waals surface area (Å²) < 4.78 is 1.15. The lowest BCUT2D eigenvalue weighted by atomic mass is 10.3. The van der Waals surface area contributed by atoms with Crippen molar-refractivity contribution in [3.8, 4) is 0 Å². The van der Waals surface area contributed by atoms with Gasteiger partial charge in [-0.25, -0.2) is 9.78 Å². The Labute approximate surface area is 120 Å². The maximum absolute atomic E-state index is 11.3. The van der Waals surface area contributed by atoms with Gasteiger partial charge in [-0.3, -0.25) is 15.0 Å². The lowest BCUT2D eigenvalue weighted by Gasteiger charge is -2.13. The number of hydrogen-bond donors (Lipinski definition) is 2. The zero-order chi connectivity index (χ0) is 14.5. The highest BCUT2D eigenvalue weighted by Gasteiger charge is 2.09. The van der Waals surface area contributed by atoms with Gasteiger partial charge in [0.15, 0.2) is 0 Å². The Morgan fingerprint density at radius 1 is 1.40 bits per heavy atom. The summed E-state index contributed by atoms with van der Waals surface area (Å²) in [5.74, 6) is -0.367. The first-order valence-corrected chi connectivity index (χ1v) is 6.98. The van der Waals surface area contributed by atoms with Gasteiger partial charge < -0.3 is 5.73 Å². The molecule has 0 aliphatic heterocycles. The molecule has 1 aromatic heterocycles. The maximum atomic E-state index is 11.3. The van der Waals surface area contributed by atoms with E-state index < -0.39 is 6.03 Å². The minimum atomic E-state index is -0.816. The third kappa shape index (κ3) is 4.01. The number of urea groups is 1. The number of benzene rings is 1. The number of hydrogen-bond acceptors (Lipinski definition) is 5. The Kier molecular flexibility index (Phi) is 4.65. The van der Waals surface area contributed by atoms with Crippen molar-refractivity contribution >= 4 is 33.5 Å². The third-order valence-corrected chi connectivity index (χ3v) is 3.75. The number of para-hydroxylation sites is 1. The van der Waals surface area contributed by atoms with Crippen LogP contribution in [0.15, 0.2) is 24.3 Å². The predicted molar refractivity (Wildman–Crippen MR) is 78.3 cm³/mol. The Morgan fingerprint density at radius 2 is 2.15 bits per heavy atom. The molecule has 0 aliphatic carbocycles. The number of nitrogens with one attached hydrogen (secondary N) is 1. The third-order valence-electron chi connectivity index (χ3n) is 2.73. The van der Waals surface area contributed by atoms with E-state index in [0.29, 0.717) is 13.1 Å². The number of primary amides is 1. The lowest BCUT2D eigenvalue weighted by Crippen LogP contribution is -2.36. The molecule has 106 valence electrons. The average molecular weight is 292 g/mol. The summed E-state index contributed by atoms with van der Waals surface area (Å²) in [6, 6.07) is 7.15. The Balaban J connectivity index is 1.86. The molecule has 7 heteroatoms. The molecule has 3 N–H and O–H groups in total. The predicted octanol–water partition coefficient (Wildman–Crippen LogP) is 1.31. The highest BCUT2D eigenvalue weighted by Crippen LogP contribution is 2.22. The van der Waals surface area contributed by atoms with E-state index in [2.05, 4.69) is 4.98 Å². The fraction of sp³-hybridized carbons (Fsp3) is 0.308. The van der Waals surface area contributed by atoms with Crippen LogP contribution in [0.2, 0.25) is 0 Å². The van der Waals surface area contributed by atoms with Gasteiger partial charge in [-0.1, -0.05) is 12.1 Å². The van der Waals surface area contributed by atoms with Crippen molar-refractivity contribution in [1.29, 1.82) is 0 Å². The summed E-state index contributed by atoms with van der Waals surface area (Å²) in [6.45, 7) is 1.21. The molecule has 20 heavy (non-hydrogen) atoms. The average Bonchev–Trinajstić information content (AvgIpc) is 2.77. The summed E-state index contributed by atoms with van der Waals surface area (Å²) in [5.41, 5.74) is 5.87. The second-order valence-electron chi connectivity index (χ2n) is 4.48. The molecule has 2 rings (SSSR count). The van der Waals surface area contributed by atoms with Crippen LogP contribution in [-0.2, 0) is 11.3 Å². The number of thiazole rings is 1. The molecule has 0 spiro atoms. The highest BCUT2D eigenvalue weighted by atomic mass is 32.1. The molecule has 0 saturated carbocycles. The molecule has 1 heterocycles. The topological polar surface area (TPSA) is 88.3 Å². The van der Waals surface area contributed by atoms with E-state index in [1.165, 1.54) is 0 Å². The first-order valence-electron chi connectivity index (χ1n) is 6.17. The van der Waals surface area contributed by atoms with E-state index in [-0.39, 0.29) is 12.3 Å². The van der Waals surface area contributed by atoms with Crippen molar-refractivity contribution in [2.45, 2.75) is 13.0 Å². The van der Waals surface area contributed by atoms with Gasteiger partial charge in [0, 0.05) is 13.0 Å². The first-order chi connectivity index (χ1) is 9.54. The maximum Gasteiger partial charge on any atom is 0.318 e. The second kappa shape index (κ2) is 6.44. The number of rotatable bonds is 5. The van der Waals surface area contributed by atoms with Gasteiger partial charge in [-0.05, 0) is 19.2 Å². The molecule has 0 aliphatic rings. The standard InChI is InChI=1S/C13H16N4O2S/c1-17(7-6-11(18)16-13(14)19)8-12-15-9-4-2-3-5-10(9)20-12/h2-5H,6-8H2,1H3,(H3,14,16,18,19). The molecular weight excluding hydrogens is 276 g/mol. The number of fused-ring (bicyclic) bond motifs is 1. The fourth-order valence-electron chi connectivity index (χ4n) is 1.79. The number of amides is 3. The number of aromatic nitrogens is 1. The monoisotopic (exact) mass is 292 g/mol. The van der Waals surface area contributed by atoms with Crippen LogP contribution in [0.5, 0.6) is 0 Å². The van der Waals surface area contributed by atoms with Crippen LogP contribution < -0.4 is 11.1 Å². The smallest absolute Gasteiger partial charge is 0.318 e. The van der Waals surface area contributed by atoms with Crippen LogP contribution in [0.4, 0.5) is 4.79 Å². The number of nitrogens with two attached hydrogens (primary N) is 1. The molecule has 1 aromatic carbocycles. The second-order valence-corrected chi connectivity index (χ2v) is 5.59.